The average Bonchev–Trinajstić information content (AvgIpc) is 2.36. The Morgan fingerprint density at radius 2 is 1.94 bits per heavy atom. The van der Waals surface area contributed by atoms with Gasteiger partial charge in [0.05, 0.1) is 12.7 Å². The SMILES string of the molecule is CCCC(C)(O)CNC(C)c1ccc(OC)cc1. The van der Waals surface area contributed by atoms with Gasteiger partial charge in [-0.05, 0) is 38.0 Å². The van der Waals surface area contributed by atoms with Crippen LogP contribution in [-0.2, 0) is 0 Å². The quantitative estimate of drug-likeness (QED) is 0.783. The summed E-state index contributed by atoms with van der Waals surface area (Å²) < 4.78 is 5.13. The van der Waals surface area contributed by atoms with Crippen LogP contribution >= 0.6 is 0 Å². The summed E-state index contributed by atoms with van der Waals surface area (Å²) >= 11 is 0. The molecule has 0 heterocycles. The molecule has 0 radical (unpaired) electrons. The Bertz CT molecular complexity index is 346. The molecule has 3 nitrogen and oxygen atoms in total. The summed E-state index contributed by atoms with van der Waals surface area (Å²) in [6, 6.07) is 8.23. The molecular formula is C15H25NO2. The highest BCUT2D eigenvalue weighted by atomic mass is 16.5. The second-order valence-electron chi connectivity index (χ2n) is 5.12. The molecule has 0 bridgehead atoms. The first kappa shape index (κ1) is 15.0. The Hall–Kier alpha value is -1.06. The van der Waals surface area contributed by atoms with E-state index in [9.17, 15) is 5.11 Å². The van der Waals surface area contributed by atoms with Crippen molar-refractivity contribution in [3.05, 3.63) is 29.8 Å². The highest BCUT2D eigenvalue weighted by molar-refractivity contribution is 5.28. The van der Waals surface area contributed by atoms with E-state index in [1.807, 2.05) is 31.2 Å². The van der Waals surface area contributed by atoms with E-state index < -0.39 is 5.60 Å². The van der Waals surface area contributed by atoms with Gasteiger partial charge in [-0.3, -0.25) is 0 Å². The maximum Gasteiger partial charge on any atom is 0.118 e. The molecule has 102 valence electrons. The summed E-state index contributed by atoms with van der Waals surface area (Å²) in [4.78, 5) is 0. The third-order valence-corrected chi connectivity index (χ3v) is 3.19. The van der Waals surface area contributed by atoms with E-state index >= 15 is 0 Å². The predicted molar refractivity (Wildman–Crippen MR) is 74.9 cm³/mol. The third kappa shape index (κ3) is 4.67. The Kier molecular flexibility index (Phi) is 5.63. The van der Waals surface area contributed by atoms with Crippen LogP contribution in [0, 0.1) is 0 Å². The van der Waals surface area contributed by atoms with Crippen LogP contribution in [0.25, 0.3) is 0 Å². The molecule has 3 heteroatoms. The van der Waals surface area contributed by atoms with Crippen molar-refractivity contribution in [3.8, 4) is 5.75 Å². The lowest BCUT2D eigenvalue weighted by molar-refractivity contribution is 0.0476. The molecule has 2 unspecified atom stereocenters. The first-order valence-corrected chi connectivity index (χ1v) is 6.58. The first-order chi connectivity index (χ1) is 8.48. The molecule has 2 atom stereocenters. The average molecular weight is 251 g/mol. The summed E-state index contributed by atoms with van der Waals surface area (Å²) in [5, 5.41) is 13.5. The Morgan fingerprint density at radius 3 is 2.44 bits per heavy atom. The Balaban J connectivity index is 2.51. The molecule has 18 heavy (non-hydrogen) atoms. The summed E-state index contributed by atoms with van der Waals surface area (Å²) in [5.41, 5.74) is 0.568. The topological polar surface area (TPSA) is 41.5 Å². The number of ether oxygens (including phenoxy) is 1. The van der Waals surface area contributed by atoms with Gasteiger partial charge in [-0.1, -0.05) is 25.5 Å². The van der Waals surface area contributed by atoms with Gasteiger partial charge in [0.2, 0.25) is 0 Å². The fourth-order valence-corrected chi connectivity index (χ4v) is 2.01. The number of aliphatic hydroxyl groups is 1. The summed E-state index contributed by atoms with van der Waals surface area (Å²) in [6.07, 6.45) is 1.81. The van der Waals surface area contributed by atoms with Crippen LogP contribution in [0.1, 0.15) is 45.2 Å². The minimum atomic E-state index is -0.629. The molecule has 0 aromatic heterocycles. The standard InChI is InChI=1S/C15H25NO2/c1-5-10-15(3,17)11-16-12(2)13-6-8-14(18-4)9-7-13/h6-9,12,16-17H,5,10-11H2,1-4H3. The van der Waals surface area contributed by atoms with Gasteiger partial charge >= 0.3 is 0 Å². The van der Waals surface area contributed by atoms with Crippen LogP contribution in [-0.4, -0.2) is 24.4 Å². The lowest BCUT2D eigenvalue weighted by atomic mass is 9.99. The molecule has 1 aromatic carbocycles. The highest BCUT2D eigenvalue weighted by Gasteiger charge is 2.19. The predicted octanol–water partition coefficient (Wildman–Crippen LogP) is 2.90. The fraction of sp³-hybridized carbons (Fsp3) is 0.600. The molecule has 0 saturated heterocycles. The number of hydrogen-bond donors (Lipinski definition) is 2. The van der Waals surface area contributed by atoms with Crippen molar-refractivity contribution >= 4 is 0 Å². The summed E-state index contributed by atoms with van der Waals surface area (Å²) in [6.45, 7) is 6.67. The van der Waals surface area contributed by atoms with Crippen molar-refractivity contribution in [1.82, 2.24) is 5.32 Å². The van der Waals surface area contributed by atoms with Crippen molar-refractivity contribution in [3.63, 3.8) is 0 Å². The van der Waals surface area contributed by atoms with E-state index in [1.54, 1.807) is 7.11 Å². The smallest absolute Gasteiger partial charge is 0.118 e. The van der Waals surface area contributed by atoms with E-state index in [2.05, 4.69) is 19.2 Å². The molecule has 0 aliphatic rings. The van der Waals surface area contributed by atoms with Gasteiger partial charge in [0.1, 0.15) is 5.75 Å². The lowest BCUT2D eigenvalue weighted by Crippen LogP contribution is -2.38. The van der Waals surface area contributed by atoms with Gasteiger partial charge in [0.25, 0.3) is 0 Å². The van der Waals surface area contributed by atoms with Gasteiger partial charge in [0.15, 0.2) is 0 Å². The van der Waals surface area contributed by atoms with Gasteiger partial charge in [-0.25, -0.2) is 0 Å². The van der Waals surface area contributed by atoms with Gasteiger partial charge in [-0.2, -0.15) is 0 Å². The first-order valence-electron chi connectivity index (χ1n) is 6.58. The van der Waals surface area contributed by atoms with Crippen LogP contribution in [0.5, 0.6) is 5.75 Å². The van der Waals surface area contributed by atoms with Crippen LogP contribution in [0.3, 0.4) is 0 Å². The van der Waals surface area contributed by atoms with Gasteiger partial charge < -0.3 is 15.2 Å². The van der Waals surface area contributed by atoms with E-state index in [0.29, 0.717) is 6.54 Å². The third-order valence-electron chi connectivity index (χ3n) is 3.19. The van der Waals surface area contributed by atoms with Gasteiger partial charge in [0, 0.05) is 12.6 Å². The van der Waals surface area contributed by atoms with Crippen molar-refractivity contribution < 1.29 is 9.84 Å². The minimum Gasteiger partial charge on any atom is -0.497 e. The van der Waals surface area contributed by atoms with Crippen molar-refractivity contribution in [2.45, 2.75) is 45.3 Å². The van der Waals surface area contributed by atoms with Crippen LogP contribution in [0.2, 0.25) is 0 Å². The maximum absolute atomic E-state index is 10.1. The van der Waals surface area contributed by atoms with Crippen molar-refractivity contribution in [1.29, 1.82) is 0 Å². The van der Waals surface area contributed by atoms with E-state index in [-0.39, 0.29) is 6.04 Å². The number of methoxy groups -OCH3 is 1. The van der Waals surface area contributed by atoms with E-state index in [0.717, 1.165) is 18.6 Å². The Labute approximate surface area is 110 Å². The van der Waals surface area contributed by atoms with Crippen LogP contribution in [0.4, 0.5) is 0 Å². The fourth-order valence-electron chi connectivity index (χ4n) is 2.01. The maximum atomic E-state index is 10.1. The Morgan fingerprint density at radius 1 is 1.33 bits per heavy atom. The van der Waals surface area contributed by atoms with E-state index in [4.69, 9.17) is 4.74 Å². The summed E-state index contributed by atoms with van der Waals surface area (Å²) in [5.74, 6) is 0.865. The van der Waals surface area contributed by atoms with Crippen molar-refractivity contribution in [2.24, 2.45) is 0 Å². The van der Waals surface area contributed by atoms with E-state index in [1.165, 1.54) is 5.56 Å². The molecule has 0 aliphatic carbocycles. The molecule has 0 fully saturated rings. The highest BCUT2D eigenvalue weighted by Crippen LogP contribution is 2.18. The molecule has 0 amide bonds. The zero-order chi connectivity index (χ0) is 13.6. The van der Waals surface area contributed by atoms with Crippen LogP contribution < -0.4 is 10.1 Å². The molecule has 2 N–H and O–H groups in total. The zero-order valence-electron chi connectivity index (χ0n) is 11.9. The lowest BCUT2D eigenvalue weighted by Gasteiger charge is -2.25. The number of rotatable bonds is 7. The normalized spacial score (nSPS) is 16.1. The molecule has 1 rings (SSSR count). The minimum absolute atomic E-state index is 0.222. The van der Waals surface area contributed by atoms with Crippen molar-refractivity contribution in [2.75, 3.05) is 13.7 Å². The monoisotopic (exact) mass is 251 g/mol. The molecule has 1 aromatic rings. The number of hydrogen-bond acceptors (Lipinski definition) is 3. The van der Waals surface area contributed by atoms with Gasteiger partial charge in [-0.15, -0.1) is 0 Å². The largest absolute Gasteiger partial charge is 0.497 e. The zero-order valence-corrected chi connectivity index (χ0v) is 11.9. The number of nitrogens with one attached hydrogen (secondary N) is 1. The summed E-state index contributed by atoms with van der Waals surface area (Å²) in [7, 11) is 1.67. The molecule has 0 aliphatic heterocycles. The second-order valence-corrected chi connectivity index (χ2v) is 5.12. The molecule has 0 saturated carbocycles. The molecular weight excluding hydrogens is 226 g/mol. The van der Waals surface area contributed by atoms with Crippen LogP contribution in [0.15, 0.2) is 24.3 Å². The molecule has 0 spiro atoms. The second kappa shape index (κ2) is 6.76. The number of benzene rings is 1.